The molecule has 2 fully saturated rings. The predicted octanol–water partition coefficient (Wildman–Crippen LogP) is 2.01. The van der Waals surface area contributed by atoms with Gasteiger partial charge in [0.25, 0.3) is 0 Å². The molecule has 0 saturated carbocycles. The van der Waals surface area contributed by atoms with Gasteiger partial charge in [0.2, 0.25) is 0 Å². The molecular weight excluding hydrogens is 293 g/mol. The average molecular weight is 318 g/mol. The van der Waals surface area contributed by atoms with E-state index in [2.05, 4.69) is 45.4 Å². The molecule has 0 spiro atoms. The highest BCUT2D eigenvalue weighted by Crippen LogP contribution is 2.18. The molecule has 2 aliphatic heterocycles. The minimum Gasteiger partial charge on any atom is -0.314 e. The smallest absolute Gasteiger partial charge is 0.0236 e. The lowest BCUT2D eigenvalue weighted by molar-refractivity contribution is 0.170. The minimum absolute atomic E-state index is 0. The van der Waals surface area contributed by atoms with Crippen molar-refractivity contribution >= 4 is 24.8 Å². The maximum atomic E-state index is 3.43. The van der Waals surface area contributed by atoms with Crippen LogP contribution in [-0.2, 0) is 6.54 Å². The Balaban J connectivity index is 0.000001000. The van der Waals surface area contributed by atoms with Gasteiger partial charge < -0.3 is 5.32 Å². The Kier molecular flexibility index (Phi) is 7.85. The molecule has 3 rings (SSSR count). The quantitative estimate of drug-likeness (QED) is 0.920. The van der Waals surface area contributed by atoms with Crippen molar-refractivity contribution in [1.82, 2.24) is 15.1 Å². The Hall–Kier alpha value is -0.320. The highest BCUT2D eigenvalue weighted by atomic mass is 35.5. The van der Waals surface area contributed by atoms with Gasteiger partial charge in [-0.25, -0.2) is 0 Å². The first-order valence-electron chi connectivity index (χ1n) is 7.13. The second kappa shape index (κ2) is 8.85. The van der Waals surface area contributed by atoms with Crippen LogP contribution < -0.4 is 5.32 Å². The van der Waals surface area contributed by atoms with Crippen LogP contribution in [0.15, 0.2) is 30.3 Å². The van der Waals surface area contributed by atoms with Crippen molar-refractivity contribution in [2.75, 3.05) is 39.3 Å². The molecular formula is C15H25Cl2N3. The number of benzene rings is 1. The molecule has 2 aliphatic rings. The zero-order chi connectivity index (χ0) is 12.2. The molecule has 0 bridgehead atoms. The van der Waals surface area contributed by atoms with Gasteiger partial charge in [0.15, 0.2) is 0 Å². The second-order valence-electron chi connectivity index (χ2n) is 5.45. The molecule has 1 atom stereocenters. The summed E-state index contributed by atoms with van der Waals surface area (Å²) in [5.41, 5.74) is 1.44. The third kappa shape index (κ3) is 4.61. The third-order valence-corrected chi connectivity index (χ3v) is 4.16. The maximum Gasteiger partial charge on any atom is 0.0236 e. The van der Waals surface area contributed by atoms with E-state index in [0.29, 0.717) is 0 Å². The van der Waals surface area contributed by atoms with Gasteiger partial charge in [-0.1, -0.05) is 30.3 Å². The summed E-state index contributed by atoms with van der Waals surface area (Å²) in [5.74, 6) is 0. The maximum absolute atomic E-state index is 3.43. The number of hydrogen-bond donors (Lipinski definition) is 1. The van der Waals surface area contributed by atoms with Crippen LogP contribution in [0.3, 0.4) is 0 Å². The summed E-state index contributed by atoms with van der Waals surface area (Å²) in [5, 5.41) is 3.43. The molecule has 0 radical (unpaired) electrons. The Morgan fingerprint density at radius 2 is 1.70 bits per heavy atom. The molecule has 0 aromatic heterocycles. The van der Waals surface area contributed by atoms with Crippen LogP contribution in [0, 0.1) is 0 Å². The molecule has 114 valence electrons. The summed E-state index contributed by atoms with van der Waals surface area (Å²) >= 11 is 0. The molecule has 20 heavy (non-hydrogen) atoms. The van der Waals surface area contributed by atoms with Gasteiger partial charge in [0.05, 0.1) is 0 Å². The Morgan fingerprint density at radius 1 is 1.00 bits per heavy atom. The fourth-order valence-corrected chi connectivity index (χ4v) is 3.14. The van der Waals surface area contributed by atoms with Crippen LogP contribution in [0.2, 0.25) is 0 Å². The van der Waals surface area contributed by atoms with E-state index in [1.54, 1.807) is 0 Å². The largest absolute Gasteiger partial charge is 0.314 e. The van der Waals surface area contributed by atoms with Crippen LogP contribution in [0.4, 0.5) is 0 Å². The molecule has 0 amide bonds. The number of hydrogen-bond acceptors (Lipinski definition) is 3. The average Bonchev–Trinajstić information content (AvgIpc) is 2.89. The summed E-state index contributed by atoms with van der Waals surface area (Å²) < 4.78 is 0. The molecule has 1 aromatic rings. The van der Waals surface area contributed by atoms with Crippen molar-refractivity contribution in [2.24, 2.45) is 0 Å². The Labute approximate surface area is 134 Å². The van der Waals surface area contributed by atoms with Crippen LogP contribution in [0.1, 0.15) is 12.0 Å². The number of rotatable bonds is 3. The van der Waals surface area contributed by atoms with Crippen LogP contribution in [0.5, 0.6) is 0 Å². The Bertz CT molecular complexity index is 369. The van der Waals surface area contributed by atoms with E-state index in [-0.39, 0.29) is 24.8 Å². The third-order valence-electron chi connectivity index (χ3n) is 4.16. The van der Waals surface area contributed by atoms with Gasteiger partial charge in [0, 0.05) is 51.9 Å². The van der Waals surface area contributed by atoms with Crippen molar-refractivity contribution in [3.63, 3.8) is 0 Å². The highest BCUT2D eigenvalue weighted by Gasteiger charge is 2.28. The standard InChI is InChI=1S/C15H23N3.2ClH/c1-2-4-14(5-3-1)12-17-9-6-15(13-17)18-10-7-16-8-11-18;;/h1-5,15-16H,6-13H2;2*1H. The van der Waals surface area contributed by atoms with Crippen molar-refractivity contribution in [3.05, 3.63) is 35.9 Å². The number of nitrogens with one attached hydrogen (secondary N) is 1. The second-order valence-corrected chi connectivity index (χ2v) is 5.45. The molecule has 2 saturated heterocycles. The van der Waals surface area contributed by atoms with E-state index in [1.807, 2.05) is 0 Å². The van der Waals surface area contributed by atoms with Gasteiger partial charge in [-0.05, 0) is 12.0 Å². The summed E-state index contributed by atoms with van der Waals surface area (Å²) in [6, 6.07) is 11.6. The van der Waals surface area contributed by atoms with E-state index < -0.39 is 0 Å². The lowest BCUT2D eigenvalue weighted by atomic mass is 10.2. The summed E-state index contributed by atoms with van der Waals surface area (Å²) in [7, 11) is 0. The van der Waals surface area contributed by atoms with Crippen molar-refractivity contribution in [1.29, 1.82) is 0 Å². The SMILES string of the molecule is Cl.Cl.c1ccc(CN2CCC(N3CCNCC3)C2)cc1. The van der Waals surface area contributed by atoms with Gasteiger partial charge >= 0.3 is 0 Å². The van der Waals surface area contributed by atoms with Crippen molar-refractivity contribution in [2.45, 2.75) is 19.0 Å². The first-order valence-corrected chi connectivity index (χ1v) is 7.13. The van der Waals surface area contributed by atoms with E-state index in [1.165, 1.54) is 38.2 Å². The van der Waals surface area contributed by atoms with Gasteiger partial charge in [0.1, 0.15) is 0 Å². The number of likely N-dealkylation sites (tertiary alicyclic amines) is 1. The molecule has 1 unspecified atom stereocenters. The van der Waals surface area contributed by atoms with Crippen LogP contribution in [-0.4, -0.2) is 55.1 Å². The highest BCUT2D eigenvalue weighted by molar-refractivity contribution is 5.85. The molecule has 2 heterocycles. The lowest BCUT2D eigenvalue weighted by Crippen LogP contribution is -2.49. The fourth-order valence-electron chi connectivity index (χ4n) is 3.14. The summed E-state index contributed by atoms with van der Waals surface area (Å²) in [6.45, 7) is 8.39. The van der Waals surface area contributed by atoms with Crippen molar-refractivity contribution in [3.8, 4) is 0 Å². The summed E-state index contributed by atoms with van der Waals surface area (Å²) in [4.78, 5) is 5.27. The first kappa shape index (κ1) is 17.7. The Morgan fingerprint density at radius 3 is 2.40 bits per heavy atom. The van der Waals surface area contributed by atoms with E-state index >= 15 is 0 Å². The first-order chi connectivity index (χ1) is 8.92. The van der Waals surface area contributed by atoms with Crippen LogP contribution >= 0.6 is 24.8 Å². The van der Waals surface area contributed by atoms with Gasteiger partial charge in [-0.2, -0.15) is 0 Å². The zero-order valence-electron chi connectivity index (χ0n) is 11.8. The minimum atomic E-state index is 0. The van der Waals surface area contributed by atoms with Crippen molar-refractivity contribution < 1.29 is 0 Å². The zero-order valence-corrected chi connectivity index (χ0v) is 13.5. The van der Waals surface area contributed by atoms with Crippen LogP contribution in [0.25, 0.3) is 0 Å². The number of nitrogens with zero attached hydrogens (tertiary/aromatic N) is 2. The number of halogens is 2. The monoisotopic (exact) mass is 317 g/mol. The van der Waals surface area contributed by atoms with E-state index in [0.717, 1.165) is 25.7 Å². The normalized spacial score (nSPS) is 23.9. The molecule has 1 aromatic carbocycles. The fraction of sp³-hybridized carbons (Fsp3) is 0.600. The molecule has 3 nitrogen and oxygen atoms in total. The van der Waals surface area contributed by atoms with Gasteiger partial charge in [-0.15, -0.1) is 24.8 Å². The van der Waals surface area contributed by atoms with Gasteiger partial charge in [-0.3, -0.25) is 9.80 Å². The summed E-state index contributed by atoms with van der Waals surface area (Å²) in [6.07, 6.45) is 1.34. The topological polar surface area (TPSA) is 18.5 Å². The number of piperazine rings is 1. The van der Waals surface area contributed by atoms with E-state index in [9.17, 15) is 0 Å². The predicted molar refractivity (Wildman–Crippen MR) is 89.1 cm³/mol. The molecule has 0 aliphatic carbocycles. The molecule has 5 heteroatoms. The lowest BCUT2D eigenvalue weighted by Gasteiger charge is -2.32. The van der Waals surface area contributed by atoms with E-state index in [4.69, 9.17) is 0 Å². The molecule has 1 N–H and O–H groups in total.